The quantitative estimate of drug-likeness (QED) is 0.408. The summed E-state index contributed by atoms with van der Waals surface area (Å²) < 4.78 is 7.53. The summed E-state index contributed by atoms with van der Waals surface area (Å²) in [6.45, 7) is 0. The maximum absolute atomic E-state index is 12.5. The molecule has 0 unspecified atom stereocenters. The number of carbonyl (C=O) groups excluding carboxylic acids is 1. The van der Waals surface area contributed by atoms with Crippen molar-refractivity contribution in [3.05, 3.63) is 83.9 Å². The van der Waals surface area contributed by atoms with Crippen LogP contribution in [0.15, 0.2) is 77.1 Å². The van der Waals surface area contributed by atoms with Crippen LogP contribution in [0, 0.1) is 0 Å². The van der Waals surface area contributed by atoms with E-state index >= 15 is 0 Å². The highest BCUT2D eigenvalue weighted by Crippen LogP contribution is 2.31. The number of thiazole rings is 1. The maximum atomic E-state index is 12.5. The fourth-order valence-corrected chi connectivity index (χ4v) is 4.78. The van der Waals surface area contributed by atoms with Crippen LogP contribution in [0.4, 0.5) is 5.69 Å². The number of rotatable bonds is 6. The number of amides is 1. The largest absolute Gasteiger partial charge is 0.495 e. The second-order valence-electron chi connectivity index (χ2n) is 6.09. The van der Waals surface area contributed by atoms with Crippen molar-refractivity contribution in [3.63, 3.8) is 0 Å². The smallest absolute Gasteiger partial charge is 0.255 e. The molecule has 0 saturated carbocycles. The summed E-state index contributed by atoms with van der Waals surface area (Å²) >= 11 is 3.42. The van der Waals surface area contributed by atoms with Crippen molar-refractivity contribution in [1.82, 2.24) is 4.98 Å². The number of methoxy groups -OCH3 is 1. The van der Waals surface area contributed by atoms with E-state index in [4.69, 9.17) is 4.74 Å². The van der Waals surface area contributed by atoms with Gasteiger partial charge in [-0.2, -0.15) is 0 Å². The van der Waals surface area contributed by atoms with Gasteiger partial charge in [-0.15, -0.1) is 11.3 Å². The number of carbonyl (C=O) groups is 1. The summed E-state index contributed by atoms with van der Waals surface area (Å²) in [6, 6.07) is 23.2. The van der Waals surface area contributed by atoms with Crippen LogP contribution in [0.5, 0.6) is 5.75 Å². The van der Waals surface area contributed by atoms with Crippen molar-refractivity contribution >= 4 is 44.9 Å². The van der Waals surface area contributed by atoms with Crippen molar-refractivity contribution in [3.8, 4) is 5.75 Å². The predicted octanol–water partition coefficient (Wildman–Crippen LogP) is 5.85. The van der Waals surface area contributed by atoms with E-state index in [1.165, 1.54) is 4.70 Å². The van der Waals surface area contributed by atoms with Crippen LogP contribution >= 0.6 is 23.1 Å². The second kappa shape index (κ2) is 8.46. The molecule has 4 nitrogen and oxygen atoms in total. The molecule has 0 atom stereocenters. The van der Waals surface area contributed by atoms with Crippen molar-refractivity contribution < 1.29 is 9.53 Å². The molecular weight excluding hydrogens is 388 g/mol. The minimum absolute atomic E-state index is 0.158. The Morgan fingerprint density at radius 3 is 2.57 bits per heavy atom. The molecule has 0 bridgehead atoms. The molecule has 6 heteroatoms. The van der Waals surface area contributed by atoms with Crippen LogP contribution in [0.1, 0.15) is 15.9 Å². The lowest BCUT2D eigenvalue weighted by atomic mass is 10.1. The molecule has 0 fully saturated rings. The highest BCUT2D eigenvalue weighted by molar-refractivity contribution is 8.00. The predicted molar refractivity (Wildman–Crippen MR) is 117 cm³/mol. The summed E-state index contributed by atoms with van der Waals surface area (Å²) in [4.78, 5) is 17.1. The van der Waals surface area contributed by atoms with Gasteiger partial charge in [0.25, 0.3) is 5.91 Å². The molecule has 140 valence electrons. The lowest BCUT2D eigenvalue weighted by molar-refractivity contribution is 0.102. The Morgan fingerprint density at radius 1 is 1.04 bits per heavy atom. The zero-order valence-electron chi connectivity index (χ0n) is 15.2. The third-order valence-electron chi connectivity index (χ3n) is 4.21. The highest BCUT2D eigenvalue weighted by atomic mass is 32.2. The molecule has 4 rings (SSSR count). The molecule has 28 heavy (non-hydrogen) atoms. The molecule has 1 heterocycles. The van der Waals surface area contributed by atoms with Gasteiger partial charge in [-0.25, -0.2) is 4.98 Å². The number of nitrogens with zero attached hydrogens (tertiary/aromatic N) is 1. The minimum Gasteiger partial charge on any atom is -0.495 e. The summed E-state index contributed by atoms with van der Waals surface area (Å²) in [5, 5.41) is 2.89. The summed E-state index contributed by atoms with van der Waals surface area (Å²) in [6.07, 6.45) is 0. The highest BCUT2D eigenvalue weighted by Gasteiger charge is 2.10. The number of ether oxygens (including phenoxy) is 1. The zero-order valence-corrected chi connectivity index (χ0v) is 16.8. The SMILES string of the molecule is COc1ccccc1NC(=O)c1ccc(CSc2nc3ccccc3s2)cc1. The molecule has 0 saturated heterocycles. The average molecular weight is 407 g/mol. The lowest BCUT2D eigenvalue weighted by Crippen LogP contribution is -2.12. The van der Waals surface area contributed by atoms with E-state index in [0.29, 0.717) is 17.0 Å². The van der Waals surface area contributed by atoms with Crippen LogP contribution in [0.2, 0.25) is 0 Å². The number of hydrogen-bond acceptors (Lipinski definition) is 5. The Morgan fingerprint density at radius 2 is 1.79 bits per heavy atom. The van der Waals surface area contributed by atoms with Crippen LogP contribution in [-0.4, -0.2) is 18.0 Å². The van der Waals surface area contributed by atoms with Gasteiger partial charge in [0.05, 0.1) is 23.0 Å². The third kappa shape index (κ3) is 4.18. The second-order valence-corrected chi connectivity index (χ2v) is 8.34. The van der Waals surface area contributed by atoms with E-state index in [1.54, 1.807) is 30.2 Å². The Labute approximate surface area is 171 Å². The first-order valence-corrected chi connectivity index (χ1v) is 10.5. The molecule has 1 amide bonds. The fraction of sp³-hybridized carbons (Fsp3) is 0.0909. The number of aromatic nitrogens is 1. The van der Waals surface area contributed by atoms with Gasteiger partial charge in [0.1, 0.15) is 5.75 Å². The number of nitrogens with one attached hydrogen (secondary N) is 1. The standard InChI is InChI=1S/C22H18N2O2S2/c1-26-19-8-4-2-6-17(19)23-21(25)16-12-10-15(11-13-16)14-27-22-24-18-7-3-5-9-20(18)28-22/h2-13H,14H2,1H3,(H,23,25). The van der Waals surface area contributed by atoms with E-state index < -0.39 is 0 Å². The Bertz CT molecular complexity index is 1070. The first-order chi connectivity index (χ1) is 13.7. The van der Waals surface area contributed by atoms with Gasteiger partial charge in [-0.3, -0.25) is 4.79 Å². The molecule has 0 radical (unpaired) electrons. The molecular formula is C22H18N2O2S2. The topological polar surface area (TPSA) is 51.2 Å². The molecule has 0 aliphatic rings. The molecule has 3 aromatic carbocycles. The van der Waals surface area contributed by atoms with Crippen LogP contribution < -0.4 is 10.1 Å². The van der Waals surface area contributed by atoms with Gasteiger partial charge in [0.2, 0.25) is 0 Å². The number of benzene rings is 3. The monoisotopic (exact) mass is 406 g/mol. The van der Waals surface area contributed by atoms with Crippen molar-refractivity contribution in [1.29, 1.82) is 0 Å². The van der Waals surface area contributed by atoms with E-state index in [-0.39, 0.29) is 5.91 Å². The van der Waals surface area contributed by atoms with Crippen molar-refractivity contribution in [2.24, 2.45) is 0 Å². The van der Waals surface area contributed by atoms with Gasteiger partial charge < -0.3 is 10.1 Å². The lowest BCUT2D eigenvalue weighted by Gasteiger charge is -2.10. The number of thioether (sulfide) groups is 1. The maximum Gasteiger partial charge on any atom is 0.255 e. The fourth-order valence-electron chi connectivity index (χ4n) is 2.75. The first kappa shape index (κ1) is 18.5. The molecule has 0 aliphatic carbocycles. The van der Waals surface area contributed by atoms with Gasteiger partial charge in [-0.05, 0) is 42.0 Å². The number of para-hydroxylation sites is 3. The number of anilines is 1. The third-order valence-corrected chi connectivity index (χ3v) is 6.46. The van der Waals surface area contributed by atoms with E-state index in [0.717, 1.165) is 21.2 Å². The Hall–Kier alpha value is -2.83. The Balaban J connectivity index is 1.39. The number of hydrogen-bond donors (Lipinski definition) is 1. The molecule has 0 spiro atoms. The first-order valence-electron chi connectivity index (χ1n) is 8.74. The van der Waals surface area contributed by atoms with Gasteiger partial charge in [0, 0.05) is 11.3 Å². The van der Waals surface area contributed by atoms with Crippen molar-refractivity contribution in [2.75, 3.05) is 12.4 Å². The van der Waals surface area contributed by atoms with Crippen LogP contribution in [0.3, 0.4) is 0 Å². The minimum atomic E-state index is -0.158. The Kier molecular flexibility index (Phi) is 5.60. The molecule has 0 aliphatic heterocycles. The molecule has 1 aromatic heterocycles. The van der Waals surface area contributed by atoms with Crippen LogP contribution in [0.25, 0.3) is 10.2 Å². The average Bonchev–Trinajstić information content (AvgIpc) is 3.16. The number of fused-ring (bicyclic) bond motifs is 1. The van der Waals surface area contributed by atoms with E-state index in [9.17, 15) is 4.79 Å². The summed E-state index contributed by atoms with van der Waals surface area (Å²) in [5.41, 5.74) is 3.46. The molecule has 1 N–H and O–H groups in total. The van der Waals surface area contributed by atoms with E-state index in [2.05, 4.69) is 16.4 Å². The normalized spacial score (nSPS) is 10.8. The summed E-state index contributed by atoms with van der Waals surface area (Å²) in [7, 11) is 1.59. The summed E-state index contributed by atoms with van der Waals surface area (Å²) in [5.74, 6) is 1.29. The van der Waals surface area contributed by atoms with Crippen molar-refractivity contribution in [2.45, 2.75) is 10.1 Å². The molecule has 4 aromatic rings. The van der Waals surface area contributed by atoms with Gasteiger partial charge in [0.15, 0.2) is 4.34 Å². The van der Waals surface area contributed by atoms with Gasteiger partial charge >= 0.3 is 0 Å². The van der Waals surface area contributed by atoms with Crippen LogP contribution in [-0.2, 0) is 5.75 Å². The van der Waals surface area contributed by atoms with E-state index in [1.807, 2.05) is 66.7 Å². The zero-order chi connectivity index (χ0) is 19.3. The van der Waals surface area contributed by atoms with Gasteiger partial charge in [-0.1, -0.05) is 48.2 Å².